The number of H-pyrrole nitrogens is 1. The van der Waals surface area contributed by atoms with Gasteiger partial charge < -0.3 is 10.0 Å². The van der Waals surface area contributed by atoms with Gasteiger partial charge in [-0.3, -0.25) is 14.7 Å². The third-order valence-electron chi connectivity index (χ3n) is 2.73. The summed E-state index contributed by atoms with van der Waals surface area (Å²) in [5.74, 6) is -0.322. The van der Waals surface area contributed by atoms with Crippen LogP contribution < -0.4 is 0 Å². The van der Waals surface area contributed by atoms with Gasteiger partial charge in [-0.15, -0.1) is 5.10 Å². The number of aromatic amines is 1. The number of hydrogen-bond acceptors (Lipinski definition) is 4. The lowest BCUT2D eigenvalue weighted by molar-refractivity contribution is -0.137. The van der Waals surface area contributed by atoms with Crippen molar-refractivity contribution in [3.63, 3.8) is 0 Å². The van der Waals surface area contributed by atoms with Gasteiger partial charge in [-0.2, -0.15) is 0 Å². The highest BCUT2D eigenvalue weighted by molar-refractivity contribution is 5.90. The number of aliphatic carboxylic acids is 1. The van der Waals surface area contributed by atoms with Crippen molar-refractivity contribution in [3.05, 3.63) is 11.6 Å². The second-order valence-electron chi connectivity index (χ2n) is 4.55. The molecular weight excluding hydrogens is 248 g/mol. The number of hydrogen-bond donors (Lipinski definition) is 2. The van der Waals surface area contributed by atoms with Gasteiger partial charge >= 0.3 is 5.97 Å². The van der Waals surface area contributed by atoms with Crippen LogP contribution in [-0.4, -0.2) is 49.7 Å². The van der Waals surface area contributed by atoms with E-state index in [9.17, 15) is 9.59 Å². The number of amides is 1. The van der Waals surface area contributed by atoms with Crippen molar-refractivity contribution in [2.24, 2.45) is 0 Å². The standard InChI is InChI=1S/C12H20N4O3/c1-4-9-13-11(15-14-9)12(19)16(8(2)3)7-5-6-10(17)18/h8H,4-7H2,1-3H3,(H,17,18)(H,13,14,15). The molecule has 7 heteroatoms. The lowest BCUT2D eigenvalue weighted by Crippen LogP contribution is -2.38. The minimum absolute atomic E-state index is 0.0233. The molecule has 7 nitrogen and oxygen atoms in total. The van der Waals surface area contributed by atoms with Crippen LogP contribution in [0.25, 0.3) is 0 Å². The van der Waals surface area contributed by atoms with Gasteiger partial charge in [-0.1, -0.05) is 6.92 Å². The third kappa shape index (κ3) is 4.35. The molecule has 1 heterocycles. The number of carbonyl (C=O) groups is 2. The predicted octanol–water partition coefficient (Wildman–Crippen LogP) is 1.08. The maximum atomic E-state index is 12.2. The van der Waals surface area contributed by atoms with Crippen LogP contribution in [0.5, 0.6) is 0 Å². The fourth-order valence-electron chi connectivity index (χ4n) is 1.67. The topological polar surface area (TPSA) is 99.2 Å². The van der Waals surface area contributed by atoms with Crippen LogP contribution in [0.15, 0.2) is 0 Å². The van der Waals surface area contributed by atoms with E-state index in [1.807, 2.05) is 20.8 Å². The number of aromatic nitrogens is 3. The fraction of sp³-hybridized carbons (Fsp3) is 0.667. The number of carboxylic acid groups (broad SMARTS) is 1. The summed E-state index contributed by atoms with van der Waals surface area (Å²) < 4.78 is 0. The van der Waals surface area contributed by atoms with Crippen LogP contribution in [0.2, 0.25) is 0 Å². The van der Waals surface area contributed by atoms with E-state index in [0.29, 0.717) is 25.2 Å². The molecular formula is C12H20N4O3. The molecule has 0 aliphatic carbocycles. The molecule has 0 spiro atoms. The van der Waals surface area contributed by atoms with Crippen molar-refractivity contribution in [1.82, 2.24) is 20.1 Å². The number of nitrogens with zero attached hydrogens (tertiary/aromatic N) is 3. The maximum absolute atomic E-state index is 12.2. The Balaban J connectivity index is 2.69. The number of nitrogens with one attached hydrogen (secondary N) is 1. The molecule has 0 aliphatic rings. The van der Waals surface area contributed by atoms with Crippen LogP contribution in [0.3, 0.4) is 0 Å². The van der Waals surface area contributed by atoms with Gasteiger partial charge in [0.05, 0.1) is 0 Å². The Kier molecular flexibility index (Phi) is 5.47. The average molecular weight is 268 g/mol. The quantitative estimate of drug-likeness (QED) is 0.771. The minimum Gasteiger partial charge on any atom is -0.481 e. The number of rotatable bonds is 7. The van der Waals surface area contributed by atoms with Crippen molar-refractivity contribution >= 4 is 11.9 Å². The van der Waals surface area contributed by atoms with Gasteiger partial charge in [0.25, 0.3) is 5.91 Å². The smallest absolute Gasteiger partial charge is 0.303 e. The molecule has 0 aromatic carbocycles. The van der Waals surface area contributed by atoms with E-state index in [-0.39, 0.29) is 24.2 Å². The van der Waals surface area contributed by atoms with E-state index in [2.05, 4.69) is 15.2 Å². The first kappa shape index (κ1) is 15.1. The molecule has 1 amide bonds. The highest BCUT2D eigenvalue weighted by Gasteiger charge is 2.22. The van der Waals surface area contributed by atoms with E-state index in [1.165, 1.54) is 0 Å². The van der Waals surface area contributed by atoms with Crippen molar-refractivity contribution in [2.45, 2.75) is 46.1 Å². The Labute approximate surface area is 112 Å². The summed E-state index contributed by atoms with van der Waals surface area (Å²) in [7, 11) is 0. The van der Waals surface area contributed by atoms with Crippen LogP contribution in [0, 0.1) is 0 Å². The van der Waals surface area contributed by atoms with Gasteiger partial charge in [-0.05, 0) is 20.3 Å². The Morgan fingerprint density at radius 2 is 2.11 bits per heavy atom. The third-order valence-corrected chi connectivity index (χ3v) is 2.73. The zero-order valence-corrected chi connectivity index (χ0v) is 11.5. The molecule has 0 saturated carbocycles. The fourth-order valence-corrected chi connectivity index (χ4v) is 1.67. The second kappa shape index (κ2) is 6.86. The molecule has 106 valence electrons. The summed E-state index contributed by atoms with van der Waals surface area (Å²) in [5.41, 5.74) is 0. The summed E-state index contributed by atoms with van der Waals surface area (Å²) in [6, 6.07) is -0.0233. The van der Waals surface area contributed by atoms with Gasteiger partial charge in [-0.25, -0.2) is 4.98 Å². The van der Waals surface area contributed by atoms with E-state index < -0.39 is 5.97 Å². The molecule has 0 radical (unpaired) electrons. The Bertz CT molecular complexity index is 442. The van der Waals surface area contributed by atoms with Crippen LogP contribution in [0.1, 0.15) is 50.1 Å². The zero-order valence-electron chi connectivity index (χ0n) is 11.5. The van der Waals surface area contributed by atoms with Crippen molar-refractivity contribution in [2.75, 3.05) is 6.54 Å². The minimum atomic E-state index is -0.859. The lowest BCUT2D eigenvalue weighted by atomic mass is 10.2. The Morgan fingerprint density at radius 3 is 2.58 bits per heavy atom. The molecule has 1 rings (SSSR count). The first-order valence-electron chi connectivity index (χ1n) is 6.39. The molecule has 0 saturated heterocycles. The normalized spacial score (nSPS) is 10.7. The first-order chi connectivity index (χ1) is 8.95. The van der Waals surface area contributed by atoms with E-state index >= 15 is 0 Å². The van der Waals surface area contributed by atoms with Crippen LogP contribution >= 0.6 is 0 Å². The molecule has 19 heavy (non-hydrogen) atoms. The second-order valence-corrected chi connectivity index (χ2v) is 4.55. The van der Waals surface area contributed by atoms with Crippen molar-refractivity contribution in [3.8, 4) is 0 Å². The Hall–Kier alpha value is -1.92. The van der Waals surface area contributed by atoms with Crippen molar-refractivity contribution < 1.29 is 14.7 Å². The molecule has 1 aromatic rings. The van der Waals surface area contributed by atoms with Gasteiger partial charge in [0.1, 0.15) is 5.82 Å². The van der Waals surface area contributed by atoms with Gasteiger partial charge in [0, 0.05) is 25.4 Å². The van der Waals surface area contributed by atoms with Gasteiger partial charge in [0.15, 0.2) is 0 Å². The molecule has 2 N–H and O–H groups in total. The molecule has 0 aliphatic heterocycles. The molecule has 0 fully saturated rings. The number of aryl methyl sites for hydroxylation is 1. The molecule has 0 bridgehead atoms. The average Bonchev–Trinajstić information content (AvgIpc) is 2.81. The number of carbonyl (C=O) groups excluding carboxylic acids is 1. The monoisotopic (exact) mass is 268 g/mol. The van der Waals surface area contributed by atoms with Crippen LogP contribution in [0.4, 0.5) is 0 Å². The SMILES string of the molecule is CCc1nc(C(=O)N(CCCC(=O)O)C(C)C)n[nH]1. The molecule has 0 unspecified atom stereocenters. The van der Waals surface area contributed by atoms with Gasteiger partial charge in [0.2, 0.25) is 5.82 Å². The predicted molar refractivity (Wildman–Crippen MR) is 68.8 cm³/mol. The highest BCUT2D eigenvalue weighted by atomic mass is 16.4. The number of carboxylic acids is 1. The largest absolute Gasteiger partial charge is 0.481 e. The van der Waals surface area contributed by atoms with E-state index in [0.717, 1.165) is 0 Å². The summed E-state index contributed by atoms with van der Waals surface area (Å²) in [6.07, 6.45) is 1.15. The summed E-state index contributed by atoms with van der Waals surface area (Å²) in [6.45, 7) is 6.07. The zero-order chi connectivity index (χ0) is 14.4. The molecule has 0 atom stereocenters. The lowest BCUT2D eigenvalue weighted by Gasteiger charge is -2.25. The summed E-state index contributed by atoms with van der Waals surface area (Å²) in [5, 5.41) is 15.2. The summed E-state index contributed by atoms with van der Waals surface area (Å²) in [4.78, 5) is 28.4. The molecule has 1 aromatic heterocycles. The summed E-state index contributed by atoms with van der Waals surface area (Å²) >= 11 is 0. The van der Waals surface area contributed by atoms with E-state index in [4.69, 9.17) is 5.11 Å². The highest BCUT2D eigenvalue weighted by Crippen LogP contribution is 2.07. The van der Waals surface area contributed by atoms with Crippen molar-refractivity contribution in [1.29, 1.82) is 0 Å². The Morgan fingerprint density at radius 1 is 1.42 bits per heavy atom. The van der Waals surface area contributed by atoms with Crippen LogP contribution in [-0.2, 0) is 11.2 Å². The first-order valence-corrected chi connectivity index (χ1v) is 6.39. The van der Waals surface area contributed by atoms with E-state index in [1.54, 1.807) is 4.90 Å². The maximum Gasteiger partial charge on any atom is 0.303 e.